The van der Waals surface area contributed by atoms with E-state index in [1.54, 1.807) is 45.2 Å². The summed E-state index contributed by atoms with van der Waals surface area (Å²) in [5, 5.41) is 15.3. The molecule has 0 aliphatic carbocycles. The highest BCUT2D eigenvalue weighted by atomic mass is 31.2. The van der Waals surface area contributed by atoms with Gasteiger partial charge in [-0.15, -0.1) is 5.09 Å². The Balaban J connectivity index is 2.89. The first-order valence-corrected chi connectivity index (χ1v) is 7.93. The molecule has 8 heteroatoms. The van der Waals surface area contributed by atoms with E-state index in [2.05, 4.69) is 10.2 Å². The predicted octanol–water partition coefficient (Wildman–Crippen LogP) is 1.62. The molecule has 0 aromatic heterocycles. The van der Waals surface area contributed by atoms with E-state index in [1.165, 1.54) is 0 Å². The second-order valence-electron chi connectivity index (χ2n) is 3.79. The summed E-state index contributed by atoms with van der Waals surface area (Å²) >= 11 is 0. The number of benzene rings is 1. The van der Waals surface area contributed by atoms with Crippen molar-refractivity contribution in [2.24, 2.45) is 5.16 Å². The van der Waals surface area contributed by atoms with Gasteiger partial charge in [0.1, 0.15) is 11.8 Å². The van der Waals surface area contributed by atoms with Crippen LogP contribution in [0.4, 0.5) is 0 Å². The van der Waals surface area contributed by atoms with Gasteiger partial charge in [0.15, 0.2) is 5.71 Å². The van der Waals surface area contributed by atoms with Gasteiger partial charge in [-0.25, -0.2) is 0 Å². The Labute approximate surface area is 124 Å². The molecular formula is C13H18N3O4P. The SMILES string of the molecule is CCN[P+]([O-])(OCC)O/N=C(/C#N)c1ccc(OC)cc1. The lowest BCUT2D eigenvalue weighted by atomic mass is 10.1. The van der Waals surface area contributed by atoms with Gasteiger partial charge >= 0.3 is 8.09 Å². The molecule has 0 spiro atoms. The molecular weight excluding hydrogens is 293 g/mol. The minimum absolute atomic E-state index is 0.00418. The lowest BCUT2D eigenvalue weighted by Gasteiger charge is -2.22. The van der Waals surface area contributed by atoms with Gasteiger partial charge in [0.05, 0.1) is 13.7 Å². The van der Waals surface area contributed by atoms with E-state index in [9.17, 15) is 4.89 Å². The molecule has 0 aliphatic heterocycles. The summed E-state index contributed by atoms with van der Waals surface area (Å²) in [6, 6.07) is 8.58. The highest BCUT2D eigenvalue weighted by Crippen LogP contribution is 2.47. The van der Waals surface area contributed by atoms with Crippen molar-refractivity contribution in [2.75, 3.05) is 20.3 Å². The number of nitriles is 1. The van der Waals surface area contributed by atoms with Gasteiger partial charge in [0.2, 0.25) is 0 Å². The van der Waals surface area contributed by atoms with Crippen LogP contribution in [0.15, 0.2) is 29.4 Å². The summed E-state index contributed by atoms with van der Waals surface area (Å²) in [6.07, 6.45) is 0. The van der Waals surface area contributed by atoms with E-state index in [0.717, 1.165) is 0 Å². The fraction of sp³-hybridized carbons (Fsp3) is 0.385. The number of oxime groups is 1. The zero-order valence-electron chi connectivity index (χ0n) is 12.2. The van der Waals surface area contributed by atoms with Crippen LogP contribution in [0.1, 0.15) is 19.4 Å². The number of rotatable bonds is 8. The molecule has 21 heavy (non-hydrogen) atoms. The molecule has 0 amide bonds. The van der Waals surface area contributed by atoms with Crippen LogP contribution in [-0.2, 0) is 9.15 Å². The molecule has 1 rings (SSSR count). The second kappa shape index (κ2) is 8.55. The predicted molar refractivity (Wildman–Crippen MR) is 78.5 cm³/mol. The van der Waals surface area contributed by atoms with Crippen molar-refractivity contribution in [2.45, 2.75) is 13.8 Å². The first-order chi connectivity index (χ1) is 10.1. The summed E-state index contributed by atoms with van der Waals surface area (Å²) in [4.78, 5) is 12.2. The maximum atomic E-state index is 12.2. The van der Waals surface area contributed by atoms with Crippen molar-refractivity contribution < 1.29 is 18.8 Å². The molecule has 114 valence electrons. The van der Waals surface area contributed by atoms with Gasteiger partial charge in [0.25, 0.3) is 0 Å². The van der Waals surface area contributed by atoms with E-state index < -0.39 is 8.09 Å². The molecule has 1 aromatic rings. The molecule has 7 nitrogen and oxygen atoms in total. The fourth-order valence-electron chi connectivity index (χ4n) is 1.44. The number of hydrogen-bond acceptors (Lipinski definition) is 7. The Morgan fingerprint density at radius 1 is 1.38 bits per heavy atom. The number of methoxy groups -OCH3 is 1. The summed E-state index contributed by atoms with van der Waals surface area (Å²) < 4.78 is 15.0. The zero-order valence-corrected chi connectivity index (χ0v) is 13.1. The van der Waals surface area contributed by atoms with Crippen molar-refractivity contribution >= 4 is 13.8 Å². The Hall–Kier alpha value is -1.71. The smallest absolute Gasteiger partial charge is 0.396 e. The van der Waals surface area contributed by atoms with Gasteiger partial charge in [-0.1, -0.05) is 0 Å². The number of ether oxygens (including phenoxy) is 1. The average Bonchev–Trinajstić information content (AvgIpc) is 2.49. The molecule has 1 unspecified atom stereocenters. The van der Waals surface area contributed by atoms with Crippen LogP contribution in [0.5, 0.6) is 5.75 Å². The quantitative estimate of drug-likeness (QED) is 0.445. The fourth-order valence-corrected chi connectivity index (χ4v) is 2.56. The standard InChI is InChI=1S/C13H18N3O4P/c1-4-15-21(17,19-5-2)20-16-13(10-14)11-6-8-12(18-3)9-7-11/h6-9H,4-5H2,1-3H3,(H,15,17)/b16-13-. The molecule has 0 heterocycles. The van der Waals surface area contributed by atoms with Crippen LogP contribution in [0.25, 0.3) is 0 Å². The Morgan fingerprint density at radius 2 is 2.05 bits per heavy atom. The van der Waals surface area contributed by atoms with E-state index >= 15 is 0 Å². The van der Waals surface area contributed by atoms with E-state index in [0.29, 0.717) is 17.9 Å². The van der Waals surface area contributed by atoms with Gasteiger partial charge < -0.3 is 9.63 Å². The first kappa shape index (κ1) is 17.3. The molecule has 0 fully saturated rings. The Kier molecular flexibility index (Phi) is 7.06. The van der Waals surface area contributed by atoms with Crippen LogP contribution in [0.3, 0.4) is 0 Å². The molecule has 0 radical (unpaired) electrons. The van der Waals surface area contributed by atoms with Gasteiger partial charge in [-0.3, -0.25) is 0 Å². The third kappa shape index (κ3) is 5.29. The summed E-state index contributed by atoms with van der Waals surface area (Å²) in [6.45, 7) is 4.03. The van der Waals surface area contributed by atoms with Crippen LogP contribution in [0, 0.1) is 11.3 Å². The van der Waals surface area contributed by atoms with Gasteiger partial charge in [0, 0.05) is 12.1 Å². The largest absolute Gasteiger partial charge is 0.606 e. The van der Waals surface area contributed by atoms with Crippen molar-refractivity contribution in [1.29, 1.82) is 5.26 Å². The molecule has 1 N–H and O–H groups in total. The minimum Gasteiger partial charge on any atom is -0.606 e. The van der Waals surface area contributed by atoms with E-state index in [4.69, 9.17) is 19.1 Å². The monoisotopic (exact) mass is 311 g/mol. The van der Waals surface area contributed by atoms with Crippen molar-refractivity contribution in [1.82, 2.24) is 5.09 Å². The maximum absolute atomic E-state index is 12.2. The van der Waals surface area contributed by atoms with Crippen LogP contribution < -0.4 is 14.7 Å². The molecule has 0 saturated heterocycles. The molecule has 1 atom stereocenters. The summed E-state index contributed by atoms with van der Waals surface area (Å²) in [5.41, 5.74) is 0.522. The number of nitrogens with zero attached hydrogens (tertiary/aromatic N) is 2. The van der Waals surface area contributed by atoms with Crippen molar-refractivity contribution in [3.63, 3.8) is 0 Å². The van der Waals surface area contributed by atoms with Crippen molar-refractivity contribution in [3.8, 4) is 11.8 Å². The highest BCUT2D eigenvalue weighted by Gasteiger charge is 2.31. The molecule has 0 aliphatic rings. The van der Waals surface area contributed by atoms with Crippen molar-refractivity contribution in [3.05, 3.63) is 29.8 Å². The Bertz CT molecular complexity index is 507. The normalized spacial score (nSPS) is 14.1. The average molecular weight is 311 g/mol. The second-order valence-corrected chi connectivity index (χ2v) is 5.52. The topological polar surface area (TPSA) is 98.9 Å². The minimum atomic E-state index is -3.54. The zero-order chi connectivity index (χ0) is 15.7. The van der Waals surface area contributed by atoms with E-state index in [-0.39, 0.29) is 12.3 Å². The van der Waals surface area contributed by atoms with Gasteiger partial charge in [-0.05, 0) is 43.3 Å². The van der Waals surface area contributed by atoms with Crippen LogP contribution in [-0.4, -0.2) is 26.0 Å². The highest BCUT2D eigenvalue weighted by molar-refractivity contribution is 7.57. The molecule has 0 saturated carbocycles. The maximum Gasteiger partial charge on any atom is 0.396 e. The molecule has 0 bridgehead atoms. The third-order valence-corrected chi connectivity index (χ3v) is 3.96. The number of nitrogens with one attached hydrogen (secondary N) is 1. The Morgan fingerprint density at radius 3 is 2.52 bits per heavy atom. The van der Waals surface area contributed by atoms with Gasteiger partial charge in [-0.2, -0.15) is 14.4 Å². The summed E-state index contributed by atoms with van der Waals surface area (Å²) in [5.74, 6) is 0.657. The lowest BCUT2D eigenvalue weighted by molar-refractivity contribution is -0.223. The van der Waals surface area contributed by atoms with Crippen LogP contribution in [0.2, 0.25) is 0 Å². The van der Waals surface area contributed by atoms with E-state index in [1.807, 2.05) is 6.07 Å². The summed E-state index contributed by atoms with van der Waals surface area (Å²) in [7, 11) is -1.99. The number of hydrogen-bond donors (Lipinski definition) is 1. The first-order valence-electron chi connectivity index (χ1n) is 6.39. The lowest BCUT2D eigenvalue weighted by Crippen LogP contribution is -2.28. The van der Waals surface area contributed by atoms with Crippen LogP contribution >= 0.6 is 8.09 Å². The molecule has 1 aromatic carbocycles. The third-order valence-electron chi connectivity index (χ3n) is 2.36.